The molecule has 1 aliphatic carbocycles. The van der Waals surface area contributed by atoms with E-state index in [0.717, 1.165) is 5.69 Å². The van der Waals surface area contributed by atoms with E-state index >= 15 is 0 Å². The molecule has 1 nitrogen and oxygen atoms in total. The second-order valence-corrected chi connectivity index (χ2v) is 6.11. The smallest absolute Gasteiger partial charge is 0.0702 e. The van der Waals surface area contributed by atoms with Crippen LogP contribution in [0.3, 0.4) is 0 Å². The first-order chi connectivity index (χ1) is 9.25. The highest BCUT2D eigenvalue weighted by atomic mass is 14.7. The van der Waals surface area contributed by atoms with Crippen LogP contribution in [0, 0.1) is 5.41 Å². The fraction of sp³-hybridized carbons (Fsp3) is 0.389. The summed E-state index contributed by atoms with van der Waals surface area (Å²) >= 11 is 0. The van der Waals surface area contributed by atoms with Crippen molar-refractivity contribution in [1.29, 1.82) is 0 Å². The number of hydrogen-bond acceptors (Lipinski definition) is 1. The maximum absolute atomic E-state index is 4.44. The fourth-order valence-corrected chi connectivity index (χ4v) is 3.27. The number of rotatable bonds is 3. The molecule has 1 heteroatoms. The van der Waals surface area contributed by atoms with Gasteiger partial charge in [-0.1, -0.05) is 44.0 Å². The van der Waals surface area contributed by atoms with E-state index in [1.54, 1.807) is 0 Å². The van der Waals surface area contributed by atoms with E-state index in [1.807, 2.05) is 18.3 Å². The maximum atomic E-state index is 4.44. The van der Waals surface area contributed by atoms with Gasteiger partial charge in [-0.15, -0.1) is 0 Å². The summed E-state index contributed by atoms with van der Waals surface area (Å²) in [6, 6.07) is 15.0. The molecule has 0 saturated heterocycles. The predicted molar refractivity (Wildman–Crippen MR) is 80.0 cm³/mol. The fourth-order valence-electron chi connectivity index (χ4n) is 3.27. The number of benzene rings is 1. The molecule has 0 aliphatic heterocycles. The molecular weight excluding hydrogens is 230 g/mol. The highest BCUT2D eigenvalue weighted by Crippen LogP contribution is 2.40. The third-order valence-electron chi connectivity index (χ3n) is 4.33. The van der Waals surface area contributed by atoms with Gasteiger partial charge < -0.3 is 0 Å². The summed E-state index contributed by atoms with van der Waals surface area (Å²) in [7, 11) is 0. The monoisotopic (exact) mass is 251 g/mol. The van der Waals surface area contributed by atoms with Crippen LogP contribution in [0.1, 0.15) is 38.2 Å². The average Bonchev–Trinajstić information content (AvgIpc) is 2.86. The Morgan fingerprint density at radius 1 is 1.05 bits per heavy atom. The average molecular weight is 251 g/mol. The van der Waals surface area contributed by atoms with Gasteiger partial charge in [0.25, 0.3) is 0 Å². The quantitative estimate of drug-likeness (QED) is 0.758. The van der Waals surface area contributed by atoms with Crippen molar-refractivity contribution in [1.82, 2.24) is 4.98 Å². The molecule has 1 fully saturated rings. The molecule has 1 heterocycles. The molecule has 98 valence electrons. The Morgan fingerprint density at radius 2 is 1.89 bits per heavy atom. The second-order valence-electron chi connectivity index (χ2n) is 6.11. The van der Waals surface area contributed by atoms with Gasteiger partial charge in [0.1, 0.15) is 0 Å². The Bertz CT molecular complexity index is 539. The predicted octanol–water partition coefficient (Wildman–Crippen LogP) is 4.87. The van der Waals surface area contributed by atoms with Crippen molar-refractivity contribution in [2.24, 2.45) is 5.41 Å². The highest BCUT2D eigenvalue weighted by Gasteiger charge is 2.28. The lowest BCUT2D eigenvalue weighted by atomic mass is 9.82. The minimum Gasteiger partial charge on any atom is -0.256 e. The summed E-state index contributed by atoms with van der Waals surface area (Å²) in [6.45, 7) is 2.44. The molecule has 0 N–H and O–H groups in total. The Labute approximate surface area is 115 Å². The van der Waals surface area contributed by atoms with Crippen molar-refractivity contribution in [2.75, 3.05) is 0 Å². The Balaban J connectivity index is 1.84. The van der Waals surface area contributed by atoms with Gasteiger partial charge >= 0.3 is 0 Å². The standard InChI is InChI=1S/C18H21N/c1-18(10-3-4-11-18)14-15-7-6-8-16(13-15)17-9-2-5-12-19-17/h2,5-9,12-13H,3-4,10-11,14H2,1H3. The van der Waals surface area contributed by atoms with Crippen LogP contribution >= 0.6 is 0 Å². The molecule has 1 aliphatic rings. The van der Waals surface area contributed by atoms with Crippen LogP contribution in [0.15, 0.2) is 48.7 Å². The van der Waals surface area contributed by atoms with Crippen LogP contribution < -0.4 is 0 Å². The topological polar surface area (TPSA) is 12.9 Å². The van der Waals surface area contributed by atoms with Crippen LogP contribution in [0.25, 0.3) is 11.3 Å². The molecule has 0 bridgehead atoms. The number of aromatic nitrogens is 1. The summed E-state index contributed by atoms with van der Waals surface area (Å²) in [5.74, 6) is 0. The molecule has 1 aromatic heterocycles. The van der Waals surface area contributed by atoms with E-state index in [2.05, 4.69) is 42.2 Å². The lowest BCUT2D eigenvalue weighted by Gasteiger charge is -2.23. The summed E-state index contributed by atoms with van der Waals surface area (Å²) < 4.78 is 0. The Morgan fingerprint density at radius 3 is 2.63 bits per heavy atom. The van der Waals surface area contributed by atoms with Crippen LogP contribution in [0.2, 0.25) is 0 Å². The third-order valence-corrected chi connectivity index (χ3v) is 4.33. The molecular formula is C18H21N. The second kappa shape index (κ2) is 5.16. The van der Waals surface area contributed by atoms with Crippen LogP contribution in [0.4, 0.5) is 0 Å². The van der Waals surface area contributed by atoms with E-state index in [9.17, 15) is 0 Å². The zero-order valence-corrected chi connectivity index (χ0v) is 11.6. The zero-order chi connectivity index (χ0) is 13.1. The zero-order valence-electron chi connectivity index (χ0n) is 11.6. The van der Waals surface area contributed by atoms with Crippen molar-refractivity contribution in [3.8, 4) is 11.3 Å². The van der Waals surface area contributed by atoms with Gasteiger partial charge in [-0.3, -0.25) is 4.98 Å². The lowest BCUT2D eigenvalue weighted by Crippen LogP contribution is -2.14. The Kier molecular flexibility index (Phi) is 3.37. The molecule has 0 unspecified atom stereocenters. The van der Waals surface area contributed by atoms with E-state index in [-0.39, 0.29) is 0 Å². The van der Waals surface area contributed by atoms with Gasteiger partial charge in [0, 0.05) is 11.8 Å². The van der Waals surface area contributed by atoms with Crippen molar-refractivity contribution in [3.05, 3.63) is 54.2 Å². The van der Waals surface area contributed by atoms with Crippen LogP contribution in [0.5, 0.6) is 0 Å². The third kappa shape index (κ3) is 2.86. The van der Waals surface area contributed by atoms with Crippen LogP contribution in [-0.4, -0.2) is 4.98 Å². The van der Waals surface area contributed by atoms with Gasteiger partial charge in [0.15, 0.2) is 0 Å². The summed E-state index contributed by atoms with van der Waals surface area (Å²) in [6.07, 6.45) is 8.61. The highest BCUT2D eigenvalue weighted by molar-refractivity contribution is 5.59. The maximum Gasteiger partial charge on any atom is 0.0702 e. The number of nitrogens with zero attached hydrogens (tertiary/aromatic N) is 1. The molecule has 1 aromatic carbocycles. The SMILES string of the molecule is CC1(Cc2cccc(-c3ccccn3)c2)CCCC1. The summed E-state index contributed by atoms with van der Waals surface area (Å²) in [5.41, 5.74) is 4.27. The summed E-state index contributed by atoms with van der Waals surface area (Å²) in [5, 5.41) is 0. The minimum atomic E-state index is 0.517. The molecule has 0 amide bonds. The van der Waals surface area contributed by atoms with Crippen LogP contribution in [-0.2, 0) is 6.42 Å². The first-order valence-corrected chi connectivity index (χ1v) is 7.26. The molecule has 0 radical (unpaired) electrons. The molecule has 1 saturated carbocycles. The Hall–Kier alpha value is -1.63. The summed E-state index contributed by atoms with van der Waals surface area (Å²) in [4.78, 5) is 4.44. The number of hydrogen-bond donors (Lipinski definition) is 0. The minimum absolute atomic E-state index is 0.517. The first-order valence-electron chi connectivity index (χ1n) is 7.26. The lowest BCUT2D eigenvalue weighted by molar-refractivity contribution is 0.334. The van der Waals surface area contributed by atoms with Crippen molar-refractivity contribution < 1.29 is 0 Å². The van der Waals surface area contributed by atoms with Gasteiger partial charge in [-0.05, 0) is 48.4 Å². The molecule has 0 spiro atoms. The largest absolute Gasteiger partial charge is 0.256 e. The molecule has 3 rings (SSSR count). The van der Waals surface area contributed by atoms with Gasteiger partial charge in [-0.2, -0.15) is 0 Å². The normalized spacial score (nSPS) is 17.5. The van der Waals surface area contributed by atoms with Crippen molar-refractivity contribution in [3.63, 3.8) is 0 Å². The van der Waals surface area contributed by atoms with Gasteiger partial charge in [-0.25, -0.2) is 0 Å². The van der Waals surface area contributed by atoms with Gasteiger partial charge in [0.05, 0.1) is 5.69 Å². The first kappa shape index (κ1) is 12.4. The van der Waals surface area contributed by atoms with E-state index < -0.39 is 0 Å². The van der Waals surface area contributed by atoms with E-state index in [0.29, 0.717) is 5.41 Å². The van der Waals surface area contributed by atoms with E-state index in [1.165, 1.54) is 43.2 Å². The van der Waals surface area contributed by atoms with Crippen molar-refractivity contribution in [2.45, 2.75) is 39.0 Å². The van der Waals surface area contributed by atoms with E-state index in [4.69, 9.17) is 0 Å². The molecule has 0 atom stereocenters. The molecule has 2 aromatic rings. The number of pyridine rings is 1. The van der Waals surface area contributed by atoms with Crippen molar-refractivity contribution >= 4 is 0 Å². The van der Waals surface area contributed by atoms with Gasteiger partial charge in [0.2, 0.25) is 0 Å². The molecule has 19 heavy (non-hydrogen) atoms.